The van der Waals surface area contributed by atoms with E-state index in [-0.39, 0.29) is 47.4 Å². The summed E-state index contributed by atoms with van der Waals surface area (Å²) in [6.07, 6.45) is 2.55. The van der Waals surface area contributed by atoms with Crippen molar-refractivity contribution >= 4 is 56.6 Å². The highest BCUT2D eigenvalue weighted by Gasteiger charge is 2.72. The molecule has 2 N–H and O–H groups in total. The minimum atomic E-state index is -0.223. The Balaban J connectivity index is 1.35. The molecule has 2 saturated heterocycles. The van der Waals surface area contributed by atoms with Crippen LogP contribution in [0.1, 0.15) is 30.7 Å². The summed E-state index contributed by atoms with van der Waals surface area (Å²) in [5.41, 5.74) is 3.92. The fourth-order valence-electron chi connectivity index (χ4n) is 5.82. The van der Waals surface area contributed by atoms with Crippen LogP contribution in [-0.4, -0.2) is 40.7 Å². The van der Waals surface area contributed by atoms with E-state index in [1.54, 1.807) is 6.20 Å². The van der Waals surface area contributed by atoms with Crippen molar-refractivity contribution < 1.29 is 14.4 Å². The maximum atomic E-state index is 13.0. The van der Waals surface area contributed by atoms with Crippen LogP contribution >= 0.6 is 22.9 Å². The van der Waals surface area contributed by atoms with Crippen LogP contribution in [0.3, 0.4) is 0 Å². The van der Waals surface area contributed by atoms with Crippen LogP contribution in [0.15, 0.2) is 30.5 Å². The normalized spacial score (nSPS) is 24.4. The first-order chi connectivity index (χ1) is 17.2. The Morgan fingerprint density at radius 1 is 1.22 bits per heavy atom. The first kappa shape index (κ1) is 23.6. The van der Waals surface area contributed by atoms with Crippen molar-refractivity contribution in [3.8, 4) is 11.1 Å². The highest BCUT2D eigenvalue weighted by Crippen LogP contribution is 2.63. The van der Waals surface area contributed by atoms with Crippen molar-refractivity contribution in [3.05, 3.63) is 45.9 Å². The number of likely N-dealkylation sites (tertiary alicyclic amines) is 1. The molecule has 3 fully saturated rings. The van der Waals surface area contributed by atoms with Crippen molar-refractivity contribution in [2.45, 2.75) is 33.7 Å². The van der Waals surface area contributed by atoms with Crippen molar-refractivity contribution in [1.82, 2.24) is 15.2 Å². The summed E-state index contributed by atoms with van der Waals surface area (Å²) in [6, 6.07) is 7.58. The average molecular weight is 523 g/mol. The lowest BCUT2D eigenvalue weighted by Gasteiger charge is -2.19. The van der Waals surface area contributed by atoms with Gasteiger partial charge in [-0.25, -0.2) is 0 Å². The number of hydrogen-bond acceptors (Lipinski definition) is 6. The number of anilines is 1. The number of benzene rings is 1. The molecule has 3 atom stereocenters. The molecule has 4 heterocycles. The van der Waals surface area contributed by atoms with Crippen LogP contribution in [0, 0.1) is 30.1 Å². The predicted molar refractivity (Wildman–Crippen MR) is 141 cm³/mol. The molecule has 0 spiro atoms. The number of hydrogen-bond donors (Lipinski definition) is 2. The maximum Gasteiger partial charge on any atom is 0.234 e. The molecule has 0 bridgehead atoms. The second-order valence-corrected chi connectivity index (χ2v) is 12.2. The van der Waals surface area contributed by atoms with Gasteiger partial charge < -0.3 is 10.6 Å². The zero-order chi connectivity index (χ0) is 25.4. The lowest BCUT2D eigenvalue weighted by Crippen LogP contribution is -2.35. The topological polar surface area (TPSA) is 91.4 Å². The van der Waals surface area contributed by atoms with Crippen LogP contribution in [-0.2, 0) is 20.9 Å². The third-order valence-corrected chi connectivity index (χ3v) is 9.30. The average Bonchev–Trinajstić information content (AvgIpc) is 3.31. The van der Waals surface area contributed by atoms with E-state index in [4.69, 9.17) is 11.6 Å². The number of nitrogens with zero attached hydrogens (tertiary/aromatic N) is 2. The number of pyridine rings is 1. The number of imide groups is 1. The second kappa shape index (κ2) is 8.36. The van der Waals surface area contributed by atoms with E-state index in [2.05, 4.69) is 15.6 Å². The highest BCUT2D eigenvalue weighted by atomic mass is 35.5. The molecule has 3 aliphatic rings. The third-order valence-electron chi connectivity index (χ3n) is 7.94. The number of amides is 3. The number of carbonyl (C=O) groups is 3. The molecule has 2 aliphatic heterocycles. The van der Waals surface area contributed by atoms with Crippen LogP contribution in [0.4, 0.5) is 5.69 Å². The summed E-state index contributed by atoms with van der Waals surface area (Å²) in [7, 11) is 0. The summed E-state index contributed by atoms with van der Waals surface area (Å²) in [6.45, 7) is 7.68. The van der Waals surface area contributed by atoms with E-state index < -0.39 is 0 Å². The van der Waals surface area contributed by atoms with E-state index in [0.29, 0.717) is 11.6 Å². The molecule has 0 radical (unpaired) electrons. The molecule has 9 heteroatoms. The van der Waals surface area contributed by atoms with Crippen molar-refractivity contribution in [3.63, 3.8) is 0 Å². The van der Waals surface area contributed by atoms with Gasteiger partial charge in [0.15, 0.2) is 0 Å². The second-order valence-electron chi connectivity index (χ2n) is 10.6. The Morgan fingerprint density at radius 2 is 1.97 bits per heavy atom. The molecule has 1 saturated carbocycles. The Hall–Kier alpha value is -2.81. The Bertz CT molecular complexity index is 1420. The number of carbonyl (C=O) groups excluding carboxylic acids is 3. The minimum absolute atomic E-state index is 0.00334. The smallest absolute Gasteiger partial charge is 0.234 e. The summed E-state index contributed by atoms with van der Waals surface area (Å²) in [5, 5.41) is 6.98. The van der Waals surface area contributed by atoms with E-state index in [9.17, 15) is 14.4 Å². The van der Waals surface area contributed by atoms with E-state index in [1.165, 1.54) is 16.2 Å². The van der Waals surface area contributed by atoms with Gasteiger partial charge in [0.05, 0.1) is 40.2 Å². The number of halogens is 1. The zero-order valence-electron chi connectivity index (χ0n) is 20.4. The van der Waals surface area contributed by atoms with Crippen LogP contribution in [0.2, 0.25) is 5.02 Å². The van der Waals surface area contributed by atoms with Crippen molar-refractivity contribution in [2.24, 2.45) is 23.2 Å². The molecular weight excluding hydrogens is 496 g/mol. The number of aromatic nitrogens is 1. The molecule has 2 aromatic heterocycles. The lowest BCUT2D eigenvalue weighted by atomic mass is 9.99. The molecule has 36 heavy (non-hydrogen) atoms. The van der Waals surface area contributed by atoms with Gasteiger partial charge in [-0.05, 0) is 55.1 Å². The third kappa shape index (κ3) is 3.66. The van der Waals surface area contributed by atoms with Crippen LogP contribution < -0.4 is 10.6 Å². The molecule has 1 aromatic carbocycles. The number of aryl methyl sites for hydroxylation is 1. The summed E-state index contributed by atoms with van der Waals surface area (Å²) < 4.78 is 0.928. The first-order valence-corrected chi connectivity index (χ1v) is 13.4. The molecular formula is C27H27ClN4O3S. The van der Waals surface area contributed by atoms with Gasteiger partial charge in [0.25, 0.3) is 0 Å². The Morgan fingerprint density at radius 3 is 2.67 bits per heavy atom. The molecule has 3 unspecified atom stereocenters. The molecule has 7 nitrogen and oxygen atoms in total. The number of thiophene rings is 1. The van der Waals surface area contributed by atoms with Gasteiger partial charge in [0, 0.05) is 33.8 Å². The molecule has 3 aromatic rings. The Kier molecular flexibility index (Phi) is 5.48. The first-order valence-electron chi connectivity index (χ1n) is 12.2. The van der Waals surface area contributed by atoms with Crippen molar-refractivity contribution in [2.75, 3.05) is 18.4 Å². The maximum absolute atomic E-state index is 13.0. The standard InChI is InChI=1S/C27H27ClN4O3S/c1-13-8-15(28)9-18(22(13)31-24(33)14-4-6-29-11-14)17-5-7-30-19-10-16(36-23(17)19)12-32-25(34)20-21(26(32)35)27(20,2)3/h5,7-10,14,20-21,29H,4,6,11-12H2,1-3H3,(H,31,33). The number of rotatable bonds is 5. The van der Waals surface area contributed by atoms with Gasteiger partial charge in [0.1, 0.15) is 0 Å². The van der Waals surface area contributed by atoms with Crippen LogP contribution in [0.25, 0.3) is 21.3 Å². The predicted octanol–water partition coefficient (Wildman–Crippen LogP) is 4.61. The van der Waals surface area contributed by atoms with Crippen LogP contribution in [0.5, 0.6) is 0 Å². The lowest BCUT2D eigenvalue weighted by molar-refractivity contribution is -0.143. The summed E-state index contributed by atoms with van der Waals surface area (Å²) in [5.74, 6) is -0.593. The van der Waals surface area contributed by atoms with Gasteiger partial charge in [-0.15, -0.1) is 11.3 Å². The van der Waals surface area contributed by atoms with Gasteiger partial charge in [-0.2, -0.15) is 0 Å². The summed E-state index contributed by atoms with van der Waals surface area (Å²) in [4.78, 5) is 45.5. The monoisotopic (exact) mass is 522 g/mol. The minimum Gasteiger partial charge on any atom is -0.325 e. The summed E-state index contributed by atoms with van der Waals surface area (Å²) >= 11 is 7.98. The van der Waals surface area contributed by atoms with Gasteiger partial charge >= 0.3 is 0 Å². The number of piperidine rings is 1. The molecule has 186 valence electrons. The Labute approximate surface area is 218 Å². The fourth-order valence-corrected chi connectivity index (χ4v) is 7.22. The van der Waals surface area contributed by atoms with E-state index in [0.717, 1.165) is 50.4 Å². The fraction of sp³-hybridized carbons (Fsp3) is 0.407. The highest BCUT2D eigenvalue weighted by molar-refractivity contribution is 7.19. The molecule has 1 aliphatic carbocycles. The largest absolute Gasteiger partial charge is 0.325 e. The SMILES string of the molecule is Cc1cc(Cl)cc(-c2ccnc3cc(CN4C(=O)C5C(C4=O)C5(C)C)sc23)c1NC(=O)C1CCNC1. The van der Waals surface area contributed by atoms with E-state index in [1.807, 2.05) is 45.0 Å². The van der Waals surface area contributed by atoms with Gasteiger partial charge in [-0.3, -0.25) is 24.3 Å². The molecule has 6 rings (SSSR count). The molecule has 3 amide bonds. The quantitative estimate of drug-likeness (QED) is 0.477. The zero-order valence-corrected chi connectivity index (χ0v) is 21.9. The van der Waals surface area contributed by atoms with E-state index >= 15 is 0 Å². The number of nitrogens with one attached hydrogen (secondary N) is 2. The van der Waals surface area contributed by atoms with Crippen molar-refractivity contribution in [1.29, 1.82) is 0 Å². The van der Waals surface area contributed by atoms with Gasteiger partial charge in [0.2, 0.25) is 17.7 Å². The number of fused-ring (bicyclic) bond motifs is 2. The van der Waals surface area contributed by atoms with Gasteiger partial charge in [-0.1, -0.05) is 25.4 Å².